The van der Waals surface area contributed by atoms with Crippen molar-refractivity contribution in [1.82, 2.24) is 15.1 Å². The number of nitrogens with zero attached hydrogens (tertiary/aromatic N) is 3. The second-order valence-electron chi connectivity index (χ2n) is 5.12. The van der Waals surface area contributed by atoms with Crippen LogP contribution in [-0.4, -0.2) is 56.0 Å². The van der Waals surface area contributed by atoms with E-state index in [4.69, 9.17) is 11.6 Å². The van der Waals surface area contributed by atoms with Gasteiger partial charge in [0.05, 0.1) is 0 Å². The van der Waals surface area contributed by atoms with Gasteiger partial charge in [-0.3, -0.25) is 4.99 Å². The van der Waals surface area contributed by atoms with Crippen LogP contribution in [0.5, 0.6) is 0 Å². The van der Waals surface area contributed by atoms with E-state index in [1.807, 2.05) is 38.4 Å². The van der Waals surface area contributed by atoms with Gasteiger partial charge in [0.1, 0.15) is 0 Å². The first-order valence-corrected chi connectivity index (χ1v) is 7.46. The van der Waals surface area contributed by atoms with E-state index in [1.165, 1.54) is 19.5 Å². The van der Waals surface area contributed by atoms with E-state index in [0.29, 0.717) is 0 Å². The third-order valence-electron chi connectivity index (χ3n) is 3.60. The molecule has 0 aliphatic carbocycles. The van der Waals surface area contributed by atoms with Crippen LogP contribution in [-0.2, 0) is 6.54 Å². The lowest BCUT2D eigenvalue weighted by atomic mass is 10.2. The van der Waals surface area contributed by atoms with Crippen LogP contribution < -0.4 is 5.32 Å². The highest BCUT2D eigenvalue weighted by Crippen LogP contribution is 2.16. The van der Waals surface area contributed by atoms with Crippen molar-refractivity contribution < 1.29 is 0 Å². The summed E-state index contributed by atoms with van der Waals surface area (Å²) < 4.78 is 0. The minimum Gasteiger partial charge on any atom is -0.355 e. The highest BCUT2D eigenvalue weighted by Gasteiger charge is 2.13. The molecule has 2 rings (SSSR count). The number of rotatable bonds is 5. The zero-order valence-corrected chi connectivity index (χ0v) is 13.0. The second kappa shape index (κ2) is 7.50. The second-order valence-corrected chi connectivity index (χ2v) is 5.52. The molecule has 1 N–H and O–H groups in total. The summed E-state index contributed by atoms with van der Waals surface area (Å²) in [6, 6.07) is 7.93. The van der Waals surface area contributed by atoms with Crippen molar-refractivity contribution in [2.45, 2.75) is 13.0 Å². The highest BCUT2D eigenvalue weighted by atomic mass is 35.5. The molecule has 0 amide bonds. The van der Waals surface area contributed by atoms with Crippen molar-refractivity contribution in [1.29, 1.82) is 0 Å². The minimum absolute atomic E-state index is 0.753. The normalized spacial score (nSPS) is 15.8. The molecule has 0 spiro atoms. The van der Waals surface area contributed by atoms with Crippen LogP contribution in [0.2, 0.25) is 5.02 Å². The predicted molar refractivity (Wildman–Crippen MR) is 85.3 cm³/mol. The first kappa shape index (κ1) is 15.1. The molecular formula is C15H23ClN4. The van der Waals surface area contributed by atoms with Crippen LogP contribution in [0.3, 0.4) is 0 Å². The third-order valence-corrected chi connectivity index (χ3v) is 3.97. The van der Waals surface area contributed by atoms with E-state index in [0.717, 1.165) is 36.2 Å². The van der Waals surface area contributed by atoms with Crippen molar-refractivity contribution in [2.75, 3.05) is 40.3 Å². The van der Waals surface area contributed by atoms with Crippen LogP contribution >= 0.6 is 11.6 Å². The number of benzene rings is 1. The number of halogens is 1. The molecule has 1 aliphatic rings. The van der Waals surface area contributed by atoms with E-state index in [2.05, 4.69) is 20.1 Å². The van der Waals surface area contributed by atoms with Gasteiger partial charge in [-0.15, -0.1) is 0 Å². The number of likely N-dealkylation sites (tertiary alicyclic amines) is 1. The molecule has 1 heterocycles. The summed E-state index contributed by atoms with van der Waals surface area (Å²) in [6.45, 7) is 5.23. The Bertz CT molecular complexity index is 457. The fourth-order valence-corrected chi connectivity index (χ4v) is 2.47. The average molecular weight is 295 g/mol. The van der Waals surface area contributed by atoms with Gasteiger partial charge in [0.15, 0.2) is 5.96 Å². The predicted octanol–water partition coefficient (Wildman–Crippen LogP) is 2.05. The lowest BCUT2D eigenvalue weighted by Crippen LogP contribution is -2.45. The van der Waals surface area contributed by atoms with Gasteiger partial charge in [-0.05, 0) is 31.1 Å². The van der Waals surface area contributed by atoms with E-state index in [1.54, 1.807) is 0 Å². The van der Waals surface area contributed by atoms with Gasteiger partial charge in [0.25, 0.3) is 0 Å². The molecule has 20 heavy (non-hydrogen) atoms. The minimum atomic E-state index is 0.753. The molecule has 1 aromatic carbocycles. The molecule has 1 fully saturated rings. The van der Waals surface area contributed by atoms with Gasteiger partial charge in [-0.2, -0.15) is 0 Å². The lowest BCUT2D eigenvalue weighted by Gasteiger charge is -2.31. The van der Waals surface area contributed by atoms with Gasteiger partial charge in [0.2, 0.25) is 0 Å². The Labute approximate surface area is 126 Å². The summed E-state index contributed by atoms with van der Waals surface area (Å²) in [5, 5.41) is 4.20. The molecular weight excluding hydrogens is 272 g/mol. The first-order chi connectivity index (χ1) is 9.70. The molecule has 1 saturated heterocycles. The molecule has 0 radical (unpaired) electrons. The van der Waals surface area contributed by atoms with E-state index >= 15 is 0 Å². The number of guanidine groups is 1. The lowest BCUT2D eigenvalue weighted by molar-refractivity contribution is 0.184. The first-order valence-electron chi connectivity index (χ1n) is 7.08. The third kappa shape index (κ3) is 4.12. The smallest absolute Gasteiger partial charge is 0.193 e. The molecule has 0 atom stereocenters. The summed E-state index contributed by atoms with van der Waals surface area (Å²) >= 11 is 6.19. The number of hydrogen-bond donors (Lipinski definition) is 1. The van der Waals surface area contributed by atoms with Crippen LogP contribution in [0, 0.1) is 0 Å². The molecule has 0 bridgehead atoms. The van der Waals surface area contributed by atoms with Gasteiger partial charge in [0, 0.05) is 38.8 Å². The molecule has 110 valence electrons. The summed E-state index contributed by atoms with van der Waals surface area (Å²) in [5.41, 5.74) is 1.11. The van der Waals surface area contributed by atoms with E-state index < -0.39 is 0 Å². The maximum absolute atomic E-state index is 6.19. The molecule has 0 saturated carbocycles. The van der Waals surface area contributed by atoms with Gasteiger partial charge in [-0.25, -0.2) is 0 Å². The summed E-state index contributed by atoms with van der Waals surface area (Å²) in [5.74, 6) is 0.908. The molecule has 4 nitrogen and oxygen atoms in total. The molecule has 5 heteroatoms. The van der Waals surface area contributed by atoms with Crippen LogP contribution in [0.4, 0.5) is 0 Å². The fraction of sp³-hybridized carbons (Fsp3) is 0.533. The number of aliphatic imine (C=N–C) groups is 1. The Morgan fingerprint density at radius 1 is 1.40 bits per heavy atom. The Hall–Kier alpha value is -1.26. The SMILES string of the molecule is CN=C(NCCN1CCC1)N(C)Cc1ccccc1Cl. The van der Waals surface area contributed by atoms with E-state index in [-0.39, 0.29) is 0 Å². The number of nitrogens with one attached hydrogen (secondary N) is 1. The van der Waals surface area contributed by atoms with Gasteiger partial charge in [-0.1, -0.05) is 29.8 Å². The monoisotopic (exact) mass is 294 g/mol. The van der Waals surface area contributed by atoms with Crippen molar-refractivity contribution in [2.24, 2.45) is 4.99 Å². The zero-order valence-electron chi connectivity index (χ0n) is 12.3. The molecule has 0 aromatic heterocycles. The van der Waals surface area contributed by atoms with Gasteiger partial charge >= 0.3 is 0 Å². The maximum atomic E-state index is 6.19. The molecule has 1 aromatic rings. The van der Waals surface area contributed by atoms with Crippen molar-refractivity contribution in [3.05, 3.63) is 34.9 Å². The molecule has 0 unspecified atom stereocenters. The summed E-state index contributed by atoms with van der Waals surface area (Å²) in [4.78, 5) is 8.86. The van der Waals surface area contributed by atoms with Crippen molar-refractivity contribution >= 4 is 17.6 Å². The topological polar surface area (TPSA) is 30.9 Å². The Kier molecular flexibility index (Phi) is 5.68. The Morgan fingerprint density at radius 3 is 2.75 bits per heavy atom. The Balaban J connectivity index is 1.82. The van der Waals surface area contributed by atoms with E-state index in [9.17, 15) is 0 Å². The van der Waals surface area contributed by atoms with Crippen molar-refractivity contribution in [3.8, 4) is 0 Å². The maximum Gasteiger partial charge on any atom is 0.193 e. The zero-order chi connectivity index (χ0) is 14.4. The quantitative estimate of drug-likeness (QED) is 0.666. The van der Waals surface area contributed by atoms with Crippen LogP contribution in [0.25, 0.3) is 0 Å². The van der Waals surface area contributed by atoms with Crippen LogP contribution in [0.1, 0.15) is 12.0 Å². The standard InChI is InChI=1S/C15H23ClN4/c1-17-15(18-8-11-20-9-5-10-20)19(2)12-13-6-3-4-7-14(13)16/h3-4,6-7H,5,8-12H2,1-2H3,(H,17,18). The molecule has 1 aliphatic heterocycles. The van der Waals surface area contributed by atoms with Gasteiger partial charge < -0.3 is 15.1 Å². The Morgan fingerprint density at radius 2 is 2.15 bits per heavy atom. The number of hydrogen-bond acceptors (Lipinski definition) is 2. The summed E-state index contributed by atoms with van der Waals surface area (Å²) in [6.07, 6.45) is 1.33. The summed E-state index contributed by atoms with van der Waals surface area (Å²) in [7, 11) is 3.84. The fourth-order valence-electron chi connectivity index (χ4n) is 2.27. The average Bonchev–Trinajstić information content (AvgIpc) is 2.39. The highest BCUT2D eigenvalue weighted by molar-refractivity contribution is 6.31. The largest absolute Gasteiger partial charge is 0.355 e. The van der Waals surface area contributed by atoms with Crippen LogP contribution in [0.15, 0.2) is 29.3 Å². The van der Waals surface area contributed by atoms with Crippen molar-refractivity contribution in [3.63, 3.8) is 0 Å².